The number of carbonyl (C=O) groups excluding carboxylic acids is 2. The van der Waals surface area contributed by atoms with Crippen molar-refractivity contribution in [2.75, 3.05) is 16.8 Å². The summed E-state index contributed by atoms with van der Waals surface area (Å²) in [6, 6.07) is 11.8. The molecule has 4 nitrogen and oxygen atoms in total. The van der Waals surface area contributed by atoms with E-state index in [2.05, 4.69) is 37.2 Å². The van der Waals surface area contributed by atoms with Gasteiger partial charge < -0.3 is 10.2 Å². The highest BCUT2D eigenvalue weighted by Crippen LogP contribution is 2.32. The number of para-hydroxylation sites is 1. The molecule has 124 valence electrons. The summed E-state index contributed by atoms with van der Waals surface area (Å²) in [5.74, 6) is -1.53. The Bertz CT molecular complexity index is 813. The van der Waals surface area contributed by atoms with Crippen LogP contribution in [0.25, 0.3) is 0 Å². The zero-order valence-corrected chi connectivity index (χ0v) is 15.6. The second-order valence-electron chi connectivity index (χ2n) is 5.47. The molecule has 1 heterocycles. The van der Waals surface area contributed by atoms with Crippen molar-refractivity contribution in [3.8, 4) is 0 Å². The summed E-state index contributed by atoms with van der Waals surface area (Å²) in [5.41, 5.74) is 0.836. The summed E-state index contributed by atoms with van der Waals surface area (Å²) in [4.78, 5) is 26.2. The highest BCUT2D eigenvalue weighted by atomic mass is 79.9. The average molecular weight is 456 g/mol. The van der Waals surface area contributed by atoms with Crippen molar-refractivity contribution >= 4 is 55.0 Å². The molecule has 1 aliphatic heterocycles. The number of hydrogen-bond acceptors (Lipinski definition) is 2. The van der Waals surface area contributed by atoms with Gasteiger partial charge in [0.1, 0.15) is 5.82 Å². The Balaban J connectivity index is 1.73. The van der Waals surface area contributed by atoms with Crippen LogP contribution in [0.1, 0.15) is 6.42 Å². The van der Waals surface area contributed by atoms with Gasteiger partial charge >= 0.3 is 0 Å². The smallest absolute Gasteiger partial charge is 0.229 e. The molecule has 0 radical (unpaired) electrons. The average Bonchev–Trinajstić information content (AvgIpc) is 2.92. The van der Waals surface area contributed by atoms with Gasteiger partial charge in [-0.15, -0.1) is 0 Å². The first-order chi connectivity index (χ1) is 11.5. The van der Waals surface area contributed by atoms with Crippen molar-refractivity contribution in [1.82, 2.24) is 0 Å². The number of carbonyl (C=O) groups is 2. The van der Waals surface area contributed by atoms with E-state index >= 15 is 0 Å². The summed E-state index contributed by atoms with van der Waals surface area (Å²) in [6.45, 7) is 0.269. The lowest BCUT2D eigenvalue weighted by Crippen LogP contribution is -2.28. The molecule has 1 atom stereocenters. The van der Waals surface area contributed by atoms with Crippen LogP contribution < -0.4 is 10.2 Å². The minimum atomic E-state index is -0.523. The van der Waals surface area contributed by atoms with E-state index < -0.39 is 11.7 Å². The van der Waals surface area contributed by atoms with Crippen LogP contribution in [0.3, 0.4) is 0 Å². The fourth-order valence-corrected chi connectivity index (χ4v) is 3.44. The molecule has 0 aromatic heterocycles. The van der Waals surface area contributed by atoms with Crippen LogP contribution in [0.2, 0.25) is 0 Å². The van der Waals surface area contributed by atoms with Crippen molar-refractivity contribution in [1.29, 1.82) is 0 Å². The molecule has 7 heteroatoms. The van der Waals surface area contributed by atoms with E-state index in [1.54, 1.807) is 11.0 Å². The van der Waals surface area contributed by atoms with E-state index in [9.17, 15) is 14.0 Å². The van der Waals surface area contributed by atoms with Crippen molar-refractivity contribution in [2.45, 2.75) is 6.42 Å². The van der Waals surface area contributed by atoms with E-state index in [-0.39, 0.29) is 30.5 Å². The quantitative estimate of drug-likeness (QED) is 0.748. The second kappa shape index (κ2) is 7.03. The van der Waals surface area contributed by atoms with Gasteiger partial charge in [-0.2, -0.15) is 0 Å². The number of hydrogen-bond donors (Lipinski definition) is 1. The minimum absolute atomic E-state index is 0.102. The predicted molar refractivity (Wildman–Crippen MR) is 97.3 cm³/mol. The molecule has 2 amide bonds. The van der Waals surface area contributed by atoms with E-state index in [4.69, 9.17) is 0 Å². The Morgan fingerprint density at radius 2 is 1.96 bits per heavy atom. The number of nitrogens with zero attached hydrogens (tertiary/aromatic N) is 1. The number of rotatable bonds is 3. The van der Waals surface area contributed by atoms with Crippen LogP contribution in [-0.4, -0.2) is 18.4 Å². The third kappa shape index (κ3) is 3.52. The van der Waals surface area contributed by atoms with Gasteiger partial charge in [0.05, 0.1) is 17.3 Å². The molecule has 1 fully saturated rings. The van der Waals surface area contributed by atoms with Crippen LogP contribution in [-0.2, 0) is 9.59 Å². The number of halogens is 3. The molecular weight excluding hydrogens is 443 g/mol. The molecule has 2 aromatic rings. The van der Waals surface area contributed by atoms with E-state index in [1.807, 2.05) is 24.3 Å². The summed E-state index contributed by atoms with van der Waals surface area (Å²) in [6.07, 6.45) is 0.102. The maximum absolute atomic E-state index is 13.8. The molecule has 24 heavy (non-hydrogen) atoms. The van der Waals surface area contributed by atoms with Crippen molar-refractivity contribution in [3.63, 3.8) is 0 Å². The first kappa shape index (κ1) is 17.1. The van der Waals surface area contributed by atoms with Crippen molar-refractivity contribution in [3.05, 3.63) is 57.2 Å². The number of nitrogens with one attached hydrogen (secondary N) is 1. The third-order valence-corrected chi connectivity index (χ3v) is 4.99. The highest BCUT2D eigenvalue weighted by Gasteiger charge is 2.36. The van der Waals surface area contributed by atoms with Gasteiger partial charge in [-0.3, -0.25) is 9.59 Å². The summed E-state index contributed by atoms with van der Waals surface area (Å²) in [5, 5.41) is 2.56. The van der Waals surface area contributed by atoms with Crippen molar-refractivity contribution < 1.29 is 14.0 Å². The molecule has 1 aliphatic rings. The molecule has 0 bridgehead atoms. The SMILES string of the molecule is O=C(Nc1ccc(Br)cc1F)C1CC(=O)N(c2ccccc2Br)C1. The number of benzene rings is 2. The Labute approximate surface area is 155 Å². The molecule has 1 N–H and O–H groups in total. The fraction of sp³-hybridized carbons (Fsp3) is 0.176. The first-order valence-corrected chi connectivity index (χ1v) is 8.85. The molecule has 1 unspecified atom stereocenters. The van der Waals surface area contributed by atoms with Gasteiger partial charge in [-0.25, -0.2) is 4.39 Å². The van der Waals surface area contributed by atoms with Crippen LogP contribution in [0.4, 0.5) is 15.8 Å². The Hall–Kier alpha value is -1.73. The minimum Gasteiger partial charge on any atom is -0.323 e. The summed E-state index contributed by atoms with van der Waals surface area (Å²) < 4.78 is 15.2. The molecule has 0 saturated carbocycles. The second-order valence-corrected chi connectivity index (χ2v) is 7.24. The largest absolute Gasteiger partial charge is 0.323 e. The van der Waals surface area contributed by atoms with Gasteiger partial charge in [-0.05, 0) is 46.3 Å². The standard InChI is InChI=1S/C17H13Br2FN2O2/c18-11-5-6-14(13(20)8-11)21-17(24)10-7-16(23)22(9-10)15-4-2-1-3-12(15)19/h1-6,8,10H,7,9H2,(H,21,24). The third-order valence-electron chi connectivity index (χ3n) is 3.83. The van der Waals surface area contributed by atoms with Gasteiger partial charge in [-0.1, -0.05) is 28.1 Å². The molecule has 2 aromatic carbocycles. The van der Waals surface area contributed by atoms with Crippen LogP contribution in [0.5, 0.6) is 0 Å². The predicted octanol–water partition coefficient (Wildman–Crippen LogP) is 4.34. The molecule has 0 spiro atoms. The first-order valence-electron chi connectivity index (χ1n) is 7.26. The van der Waals surface area contributed by atoms with Gasteiger partial charge in [0.2, 0.25) is 11.8 Å². The Morgan fingerprint density at radius 1 is 1.21 bits per heavy atom. The number of amides is 2. The maximum atomic E-state index is 13.8. The Morgan fingerprint density at radius 3 is 2.67 bits per heavy atom. The highest BCUT2D eigenvalue weighted by molar-refractivity contribution is 9.10. The zero-order chi connectivity index (χ0) is 17.3. The van der Waals surface area contributed by atoms with Crippen LogP contribution in [0.15, 0.2) is 51.4 Å². The normalized spacial score (nSPS) is 17.2. The lowest BCUT2D eigenvalue weighted by Gasteiger charge is -2.18. The molecule has 0 aliphatic carbocycles. The van der Waals surface area contributed by atoms with Gasteiger partial charge in [0, 0.05) is 21.9 Å². The Kier molecular flexibility index (Phi) is 5.01. The molecule has 1 saturated heterocycles. The van der Waals surface area contributed by atoms with Crippen LogP contribution in [0, 0.1) is 11.7 Å². The lowest BCUT2D eigenvalue weighted by molar-refractivity contribution is -0.122. The van der Waals surface area contributed by atoms with E-state index in [0.29, 0.717) is 4.47 Å². The maximum Gasteiger partial charge on any atom is 0.229 e. The van der Waals surface area contributed by atoms with Crippen LogP contribution >= 0.6 is 31.9 Å². The number of anilines is 2. The van der Waals surface area contributed by atoms with Gasteiger partial charge in [0.25, 0.3) is 0 Å². The fourth-order valence-electron chi connectivity index (χ4n) is 2.61. The van der Waals surface area contributed by atoms with Crippen molar-refractivity contribution in [2.24, 2.45) is 5.92 Å². The monoisotopic (exact) mass is 454 g/mol. The summed E-state index contributed by atoms with van der Waals surface area (Å²) >= 11 is 6.58. The summed E-state index contributed by atoms with van der Waals surface area (Å²) in [7, 11) is 0. The zero-order valence-electron chi connectivity index (χ0n) is 12.4. The van der Waals surface area contributed by atoms with E-state index in [1.165, 1.54) is 12.1 Å². The molecular formula is C17H13Br2FN2O2. The topological polar surface area (TPSA) is 49.4 Å². The van der Waals surface area contributed by atoms with Gasteiger partial charge in [0.15, 0.2) is 0 Å². The molecule has 3 rings (SSSR count). The van der Waals surface area contributed by atoms with E-state index in [0.717, 1.165) is 10.2 Å². The lowest BCUT2D eigenvalue weighted by atomic mass is 10.1.